The molecule has 21 heavy (non-hydrogen) atoms. The van der Waals surface area contributed by atoms with Crippen LogP contribution in [0.25, 0.3) is 0 Å². The Bertz CT molecular complexity index is 511. The van der Waals surface area contributed by atoms with Crippen LogP contribution in [-0.2, 0) is 14.6 Å². The van der Waals surface area contributed by atoms with Gasteiger partial charge in [-0.15, -0.1) is 0 Å². The van der Waals surface area contributed by atoms with Gasteiger partial charge in [0, 0.05) is 6.04 Å². The zero-order chi connectivity index (χ0) is 15.1. The summed E-state index contributed by atoms with van der Waals surface area (Å²) in [5.41, 5.74) is -0.388. The normalized spacial score (nSPS) is 34.7. The van der Waals surface area contributed by atoms with Crippen molar-refractivity contribution in [3.05, 3.63) is 0 Å². The molecule has 1 amide bonds. The van der Waals surface area contributed by atoms with Gasteiger partial charge in [-0.25, -0.2) is 8.42 Å². The second kappa shape index (κ2) is 5.54. The molecule has 1 aliphatic carbocycles. The van der Waals surface area contributed by atoms with Crippen molar-refractivity contribution in [2.75, 3.05) is 11.5 Å². The van der Waals surface area contributed by atoms with Gasteiger partial charge in [0.1, 0.15) is 0 Å². The zero-order valence-electron chi connectivity index (χ0n) is 12.8. The van der Waals surface area contributed by atoms with E-state index < -0.39 is 9.84 Å². The summed E-state index contributed by atoms with van der Waals surface area (Å²) in [6.07, 6.45) is 7.43. The molecular weight excluding hydrogens is 288 g/mol. The molecule has 2 saturated heterocycles. The molecule has 0 aromatic heterocycles. The Hall–Kier alpha value is -0.620. The highest BCUT2D eigenvalue weighted by Gasteiger charge is 2.54. The number of rotatable bonds is 3. The third kappa shape index (κ3) is 2.72. The number of nitrogens with zero attached hydrogens (tertiary/aromatic N) is 1. The van der Waals surface area contributed by atoms with E-state index in [2.05, 4.69) is 12.2 Å². The molecule has 2 heterocycles. The van der Waals surface area contributed by atoms with Gasteiger partial charge in [-0.1, -0.05) is 26.2 Å². The number of hydrogen-bond acceptors (Lipinski definition) is 4. The Morgan fingerprint density at radius 2 is 2.00 bits per heavy atom. The Kier molecular flexibility index (Phi) is 4.03. The molecule has 2 atom stereocenters. The number of sulfone groups is 1. The highest BCUT2D eigenvalue weighted by atomic mass is 32.2. The van der Waals surface area contributed by atoms with Gasteiger partial charge in [-0.3, -0.25) is 10.1 Å². The van der Waals surface area contributed by atoms with E-state index in [-0.39, 0.29) is 35.2 Å². The molecule has 0 bridgehead atoms. The highest BCUT2D eigenvalue weighted by Crippen LogP contribution is 2.39. The van der Waals surface area contributed by atoms with Crippen LogP contribution < -0.4 is 5.32 Å². The summed E-state index contributed by atoms with van der Waals surface area (Å²) in [6, 6.07) is -0.125. The molecule has 3 aliphatic rings. The molecule has 120 valence electrons. The molecule has 1 saturated carbocycles. The van der Waals surface area contributed by atoms with E-state index in [1.165, 1.54) is 0 Å². The van der Waals surface area contributed by atoms with E-state index in [9.17, 15) is 13.2 Å². The minimum absolute atomic E-state index is 0.0268. The average molecular weight is 314 g/mol. The van der Waals surface area contributed by atoms with E-state index in [1.54, 1.807) is 0 Å². The maximum Gasteiger partial charge on any atom is 0.244 e. The number of carbonyl (C=O) groups excluding carboxylic acids is 1. The summed E-state index contributed by atoms with van der Waals surface area (Å²) < 4.78 is 23.9. The minimum Gasteiger partial charge on any atom is -0.322 e. The van der Waals surface area contributed by atoms with Crippen molar-refractivity contribution in [1.29, 1.82) is 0 Å². The first-order chi connectivity index (χ1) is 9.97. The van der Waals surface area contributed by atoms with Gasteiger partial charge in [0.25, 0.3) is 0 Å². The summed E-state index contributed by atoms with van der Waals surface area (Å²) in [5, 5.41) is 3.57. The van der Waals surface area contributed by atoms with E-state index in [0.717, 1.165) is 44.9 Å². The van der Waals surface area contributed by atoms with Crippen molar-refractivity contribution in [2.45, 2.75) is 76.0 Å². The fourth-order valence-electron chi connectivity index (χ4n) is 4.30. The van der Waals surface area contributed by atoms with Crippen molar-refractivity contribution in [3.63, 3.8) is 0 Å². The molecule has 6 heteroatoms. The molecule has 1 N–H and O–H groups in total. The lowest BCUT2D eigenvalue weighted by Gasteiger charge is -2.35. The quantitative estimate of drug-likeness (QED) is 0.856. The SMILES string of the molecule is CCCC1NC2(CCCC2)C(=O)N1C1CCCS(=O)(=O)C1. The van der Waals surface area contributed by atoms with Gasteiger partial charge in [0.05, 0.1) is 23.2 Å². The van der Waals surface area contributed by atoms with E-state index in [4.69, 9.17) is 0 Å². The lowest BCUT2D eigenvalue weighted by molar-refractivity contribution is -0.135. The smallest absolute Gasteiger partial charge is 0.244 e. The lowest BCUT2D eigenvalue weighted by atomic mass is 9.97. The van der Waals surface area contributed by atoms with E-state index in [0.29, 0.717) is 6.42 Å². The van der Waals surface area contributed by atoms with Crippen molar-refractivity contribution < 1.29 is 13.2 Å². The van der Waals surface area contributed by atoms with Gasteiger partial charge in [0.2, 0.25) is 5.91 Å². The summed E-state index contributed by atoms with van der Waals surface area (Å²) in [5.74, 6) is 0.597. The third-order valence-corrected chi connectivity index (χ3v) is 7.08. The average Bonchev–Trinajstić information content (AvgIpc) is 2.97. The molecule has 5 nitrogen and oxygen atoms in total. The standard InChI is InChI=1S/C15H26N2O3S/c1-2-6-13-16-15(8-3-4-9-15)14(18)17(13)12-7-5-10-21(19,20)11-12/h12-13,16H,2-11H2,1H3. The van der Waals surface area contributed by atoms with Gasteiger partial charge in [0.15, 0.2) is 9.84 Å². The number of amides is 1. The van der Waals surface area contributed by atoms with Crippen LogP contribution in [0.1, 0.15) is 58.3 Å². The maximum atomic E-state index is 13.0. The van der Waals surface area contributed by atoms with Gasteiger partial charge in [-0.05, 0) is 32.1 Å². The van der Waals surface area contributed by atoms with Crippen molar-refractivity contribution in [1.82, 2.24) is 10.2 Å². The van der Waals surface area contributed by atoms with Crippen LogP contribution in [-0.4, -0.2) is 48.5 Å². The molecule has 2 aliphatic heterocycles. The number of carbonyl (C=O) groups is 1. The predicted octanol–water partition coefficient (Wildman–Crippen LogP) is 1.43. The van der Waals surface area contributed by atoms with Crippen molar-refractivity contribution >= 4 is 15.7 Å². The first-order valence-corrected chi connectivity index (χ1v) is 10.1. The molecular formula is C15H26N2O3S. The third-order valence-electron chi connectivity index (χ3n) is 5.27. The largest absolute Gasteiger partial charge is 0.322 e. The highest BCUT2D eigenvalue weighted by molar-refractivity contribution is 7.91. The second-order valence-corrected chi connectivity index (χ2v) is 9.09. The monoisotopic (exact) mass is 314 g/mol. The van der Waals surface area contributed by atoms with Crippen LogP contribution in [0.2, 0.25) is 0 Å². The van der Waals surface area contributed by atoms with Crippen LogP contribution in [0.5, 0.6) is 0 Å². The summed E-state index contributed by atoms with van der Waals surface area (Å²) >= 11 is 0. The molecule has 3 fully saturated rings. The molecule has 3 rings (SSSR count). The van der Waals surface area contributed by atoms with Crippen LogP contribution in [0.3, 0.4) is 0 Å². The molecule has 2 unspecified atom stereocenters. The van der Waals surface area contributed by atoms with E-state index >= 15 is 0 Å². The summed E-state index contributed by atoms with van der Waals surface area (Å²) in [6.45, 7) is 2.11. The minimum atomic E-state index is -2.99. The van der Waals surface area contributed by atoms with Gasteiger partial charge < -0.3 is 4.90 Å². The Morgan fingerprint density at radius 3 is 2.62 bits per heavy atom. The van der Waals surface area contributed by atoms with Gasteiger partial charge >= 0.3 is 0 Å². The fraction of sp³-hybridized carbons (Fsp3) is 0.933. The topological polar surface area (TPSA) is 66.5 Å². The van der Waals surface area contributed by atoms with Crippen LogP contribution >= 0.6 is 0 Å². The summed E-state index contributed by atoms with van der Waals surface area (Å²) in [4.78, 5) is 14.9. The lowest BCUT2D eigenvalue weighted by Crippen LogP contribution is -2.50. The molecule has 0 aromatic rings. The molecule has 0 radical (unpaired) electrons. The second-order valence-electron chi connectivity index (χ2n) is 6.86. The molecule has 0 aromatic carbocycles. The predicted molar refractivity (Wildman–Crippen MR) is 81.6 cm³/mol. The van der Waals surface area contributed by atoms with Crippen molar-refractivity contribution in [3.8, 4) is 0 Å². The first-order valence-electron chi connectivity index (χ1n) is 8.28. The van der Waals surface area contributed by atoms with Crippen LogP contribution in [0.15, 0.2) is 0 Å². The Labute approximate surface area is 127 Å². The fourth-order valence-corrected chi connectivity index (χ4v) is 5.99. The van der Waals surface area contributed by atoms with Crippen LogP contribution in [0, 0.1) is 0 Å². The Morgan fingerprint density at radius 1 is 1.29 bits per heavy atom. The molecule has 1 spiro atoms. The zero-order valence-corrected chi connectivity index (χ0v) is 13.6. The van der Waals surface area contributed by atoms with Crippen LogP contribution in [0.4, 0.5) is 0 Å². The number of hydrogen-bond donors (Lipinski definition) is 1. The van der Waals surface area contributed by atoms with E-state index in [1.807, 2.05) is 4.90 Å². The maximum absolute atomic E-state index is 13.0. The number of nitrogens with one attached hydrogen (secondary N) is 1. The first kappa shape index (κ1) is 15.3. The summed E-state index contributed by atoms with van der Waals surface area (Å²) in [7, 11) is -2.99. The Balaban J connectivity index is 1.85. The van der Waals surface area contributed by atoms with Crippen molar-refractivity contribution in [2.24, 2.45) is 0 Å². The van der Waals surface area contributed by atoms with Gasteiger partial charge in [-0.2, -0.15) is 0 Å².